The van der Waals surface area contributed by atoms with E-state index < -0.39 is 0 Å². The summed E-state index contributed by atoms with van der Waals surface area (Å²) in [6.07, 6.45) is 0. The molecule has 12 aromatic rings. The van der Waals surface area contributed by atoms with Crippen LogP contribution >= 0.6 is 0 Å². The van der Waals surface area contributed by atoms with Crippen LogP contribution in [0, 0.1) is 41.5 Å². The maximum absolute atomic E-state index is 2.16. The summed E-state index contributed by atoms with van der Waals surface area (Å²) in [5.74, 6) is 0. The lowest BCUT2D eigenvalue weighted by molar-refractivity contribution is 1.46. The third-order valence-electron chi connectivity index (χ3n) is 13.4. The Hall–Kier alpha value is -9.36. The van der Waals surface area contributed by atoms with Gasteiger partial charge in [0.05, 0.1) is 0 Å². The molecule has 464 valence electrons. The first-order chi connectivity index (χ1) is 38.3. The van der Waals surface area contributed by atoms with Crippen molar-refractivity contribution in [2.45, 2.75) is 116 Å². The van der Waals surface area contributed by atoms with Gasteiger partial charge in [0.25, 0.3) is 0 Å². The highest BCUT2D eigenvalue weighted by atomic mass is 14.1. The Labute approximate surface area is 540 Å². The van der Waals surface area contributed by atoms with Gasteiger partial charge in [-0.25, -0.2) is 0 Å². The largest absolute Gasteiger partial charge is 0.0776 e. The number of hydrogen-bond donors (Lipinski definition) is 0. The summed E-state index contributed by atoms with van der Waals surface area (Å²) in [7, 11) is 0. The van der Waals surface area contributed by atoms with Crippen LogP contribution in [-0.2, 0) is 0 Å². The zero-order chi connectivity index (χ0) is 54.6. The lowest BCUT2D eigenvalue weighted by atomic mass is 10.0. The highest BCUT2D eigenvalue weighted by Crippen LogP contribution is 2.27. The summed E-state index contributed by atoms with van der Waals surface area (Å²) < 4.78 is 0. The van der Waals surface area contributed by atoms with Crippen LogP contribution in [0.15, 0.2) is 328 Å². The van der Waals surface area contributed by atoms with Gasteiger partial charge in [0.1, 0.15) is 0 Å². The topological polar surface area (TPSA) is 0 Å². The van der Waals surface area contributed by atoms with E-state index in [0.29, 0.717) is 0 Å². The molecule has 0 radical (unpaired) electrons. The van der Waals surface area contributed by atoms with Crippen LogP contribution in [0.5, 0.6) is 0 Å². The molecule has 0 unspecified atom stereocenters. The van der Waals surface area contributed by atoms with Gasteiger partial charge in [-0.1, -0.05) is 402 Å². The summed E-state index contributed by atoms with van der Waals surface area (Å²) in [4.78, 5) is 0. The summed E-state index contributed by atoms with van der Waals surface area (Å²) in [6, 6.07) is 114. The molecule has 88 heavy (non-hydrogen) atoms. The van der Waals surface area contributed by atoms with E-state index >= 15 is 0 Å². The first-order valence-corrected chi connectivity index (χ1v) is 26.9. The first-order valence-electron chi connectivity index (χ1n) is 26.9. The molecule has 0 aliphatic rings. The molecule has 0 saturated heterocycles. The molecule has 0 saturated carbocycles. The van der Waals surface area contributed by atoms with Crippen molar-refractivity contribution in [1.29, 1.82) is 0 Å². The fraction of sp³-hybridized carbons (Fsp3) is 0.182. The van der Waals surface area contributed by atoms with Crippen LogP contribution in [0.2, 0.25) is 0 Å². The molecular formula is C88H112. The van der Waals surface area contributed by atoms with Crippen LogP contribution in [0.1, 0.15) is 108 Å². The van der Waals surface area contributed by atoms with E-state index in [0.717, 1.165) is 0 Å². The number of rotatable bonds is 6. The smallest absolute Gasteiger partial charge is 0.0155 e. The van der Waals surface area contributed by atoms with Gasteiger partial charge in [-0.2, -0.15) is 0 Å². The second kappa shape index (κ2) is 46.9. The van der Waals surface area contributed by atoms with Gasteiger partial charge < -0.3 is 0 Å². The van der Waals surface area contributed by atoms with Gasteiger partial charge in [-0.05, 0) is 142 Å². The Morgan fingerprint density at radius 3 is 0.307 bits per heavy atom. The fourth-order valence-electron chi connectivity index (χ4n) is 9.09. The van der Waals surface area contributed by atoms with Gasteiger partial charge >= 0.3 is 0 Å². The number of hydrogen-bond acceptors (Lipinski definition) is 0. The zero-order valence-electron chi connectivity index (χ0n) is 46.2. The lowest BCUT2D eigenvalue weighted by Gasteiger charge is -2.04. The molecule has 0 atom stereocenters. The molecule has 12 aromatic carbocycles. The normalized spacial score (nSPS) is 8.80. The Bertz CT molecular complexity index is 2950. The Kier molecular flexibility index (Phi) is 45.3. The molecule has 12 rings (SSSR count). The highest BCUT2D eigenvalue weighted by molar-refractivity contribution is 5.71. The van der Waals surface area contributed by atoms with E-state index in [1.807, 2.05) is 36.4 Å². The molecule has 0 heterocycles. The number of aryl methyl sites for hydroxylation is 6. The Morgan fingerprint density at radius 2 is 0.205 bits per heavy atom. The van der Waals surface area contributed by atoms with Crippen molar-refractivity contribution < 1.29 is 0 Å². The second-order valence-electron chi connectivity index (χ2n) is 19.1. The molecule has 0 spiro atoms. The molecule has 0 aliphatic heterocycles. The van der Waals surface area contributed by atoms with Gasteiger partial charge in [-0.3, -0.25) is 0 Å². The van der Waals surface area contributed by atoms with Crippen molar-refractivity contribution >= 4 is 0 Å². The van der Waals surface area contributed by atoms with Crippen LogP contribution in [-0.4, -0.2) is 0 Å². The number of benzene rings is 12. The molecule has 0 heteroatoms. The van der Waals surface area contributed by atoms with Crippen LogP contribution in [0.25, 0.3) is 66.8 Å². The van der Waals surface area contributed by atoms with Crippen LogP contribution in [0.3, 0.4) is 0 Å². The minimum Gasteiger partial charge on any atom is -0.0776 e. The maximum atomic E-state index is 2.16. The minimum atomic E-state index is 0. The van der Waals surface area contributed by atoms with Crippen molar-refractivity contribution in [1.82, 2.24) is 0 Å². The summed E-state index contributed by atoms with van der Waals surface area (Å²) >= 11 is 0. The van der Waals surface area contributed by atoms with Crippen LogP contribution < -0.4 is 0 Å². The maximum Gasteiger partial charge on any atom is -0.0155 e. The quantitative estimate of drug-likeness (QED) is 0.156. The molecule has 0 amide bonds. The summed E-state index contributed by atoms with van der Waals surface area (Å²) in [6.45, 7) is 12.8. The molecular weight excluding hydrogens is 1060 g/mol. The van der Waals surface area contributed by atoms with Gasteiger partial charge in [0.2, 0.25) is 0 Å². The van der Waals surface area contributed by atoms with Crippen molar-refractivity contribution in [3.63, 3.8) is 0 Å². The van der Waals surface area contributed by atoms with Crippen molar-refractivity contribution in [2.24, 2.45) is 0 Å². The average Bonchev–Trinajstić information content (AvgIpc) is 3.72. The van der Waals surface area contributed by atoms with Crippen molar-refractivity contribution in [3.05, 3.63) is 361 Å². The van der Waals surface area contributed by atoms with E-state index in [1.54, 1.807) is 0 Å². The minimum absolute atomic E-state index is 0. The van der Waals surface area contributed by atoms with Crippen molar-refractivity contribution in [2.75, 3.05) is 0 Å². The predicted molar refractivity (Wildman–Crippen MR) is 407 cm³/mol. The van der Waals surface area contributed by atoms with E-state index in [9.17, 15) is 0 Å². The SMILES string of the molecule is C.C.C.C.C.C.C.C.C.C.Cc1ccccc1-c1ccccc1.Cc1ccccc1-c1ccccc1.Cc1ccccc1-c1ccccc1.Cc1ccccc1-c1ccccc1.Cc1ccccc1-c1ccccc1.Cc1ccccc1-c1ccccc1. The first kappa shape index (κ1) is 85.1. The Morgan fingerprint density at radius 1 is 0.114 bits per heavy atom. The van der Waals surface area contributed by atoms with E-state index in [-0.39, 0.29) is 74.3 Å². The Balaban J connectivity index is -0.000000470. The standard InChI is InChI=1S/6C13H12.10CH4/c6*1-11-7-5-6-10-13(11)12-8-3-2-4-9-12;;;;;;;;;;/h6*2-10H,1H3;10*1H4. The average molecular weight is 1170 g/mol. The van der Waals surface area contributed by atoms with E-state index in [1.165, 1.54) is 100 Å². The van der Waals surface area contributed by atoms with Gasteiger partial charge in [0, 0.05) is 0 Å². The molecule has 0 nitrogen and oxygen atoms in total. The molecule has 0 aliphatic carbocycles. The van der Waals surface area contributed by atoms with Crippen LogP contribution in [0.4, 0.5) is 0 Å². The molecule has 0 aromatic heterocycles. The fourth-order valence-corrected chi connectivity index (χ4v) is 9.09. The monoisotopic (exact) mass is 1170 g/mol. The van der Waals surface area contributed by atoms with E-state index in [4.69, 9.17) is 0 Å². The third kappa shape index (κ3) is 26.5. The van der Waals surface area contributed by atoms with Gasteiger partial charge in [-0.15, -0.1) is 0 Å². The van der Waals surface area contributed by atoms with Gasteiger partial charge in [0.15, 0.2) is 0 Å². The van der Waals surface area contributed by atoms with Crippen molar-refractivity contribution in [3.8, 4) is 66.8 Å². The predicted octanol–water partition coefficient (Wildman–Crippen LogP) is 28.3. The summed E-state index contributed by atoms with van der Waals surface area (Å²) in [5, 5.41) is 0. The van der Waals surface area contributed by atoms with E-state index in [2.05, 4.69) is 333 Å². The lowest BCUT2D eigenvalue weighted by Crippen LogP contribution is -1.80. The second-order valence-corrected chi connectivity index (χ2v) is 19.1. The molecule has 0 bridgehead atoms. The summed E-state index contributed by atoms with van der Waals surface area (Å²) in [5.41, 5.74) is 23.7. The highest BCUT2D eigenvalue weighted by Gasteiger charge is 2.03. The zero-order valence-corrected chi connectivity index (χ0v) is 46.2. The molecule has 0 N–H and O–H groups in total. The molecule has 0 fully saturated rings. The third-order valence-corrected chi connectivity index (χ3v) is 13.4.